The van der Waals surface area contributed by atoms with Crippen LogP contribution in [0, 0.1) is 6.92 Å². The van der Waals surface area contributed by atoms with E-state index in [1.165, 1.54) is 11.1 Å². The highest BCUT2D eigenvalue weighted by Gasteiger charge is 1.98. The van der Waals surface area contributed by atoms with Crippen LogP contribution in [0.25, 0.3) is 0 Å². The van der Waals surface area contributed by atoms with Crippen LogP contribution in [0.15, 0.2) is 42.6 Å². The zero-order valence-electron chi connectivity index (χ0n) is 11.5. The van der Waals surface area contributed by atoms with Gasteiger partial charge in [-0.15, -0.1) is 0 Å². The Morgan fingerprint density at radius 2 is 2.11 bits per heavy atom. The molecular formula is C16H20N2O. The molecule has 0 saturated heterocycles. The Kier molecular flexibility index (Phi) is 4.93. The molecule has 0 bridgehead atoms. The second kappa shape index (κ2) is 6.90. The first-order chi connectivity index (χ1) is 9.28. The SMILES string of the molecule is CCNCc1ccc(OCc2cccc(C)c2)cn1. The van der Waals surface area contributed by atoms with Crippen molar-refractivity contribution in [2.45, 2.75) is 27.0 Å². The van der Waals surface area contributed by atoms with E-state index in [1.54, 1.807) is 6.20 Å². The average molecular weight is 256 g/mol. The largest absolute Gasteiger partial charge is 0.487 e. The van der Waals surface area contributed by atoms with E-state index < -0.39 is 0 Å². The number of nitrogens with zero attached hydrogens (tertiary/aromatic N) is 1. The van der Waals surface area contributed by atoms with Crippen LogP contribution < -0.4 is 10.1 Å². The first kappa shape index (κ1) is 13.6. The third-order valence-corrected chi connectivity index (χ3v) is 2.84. The van der Waals surface area contributed by atoms with Crippen LogP contribution in [0.1, 0.15) is 23.7 Å². The fourth-order valence-corrected chi connectivity index (χ4v) is 1.82. The van der Waals surface area contributed by atoms with Crippen molar-refractivity contribution in [1.29, 1.82) is 0 Å². The summed E-state index contributed by atoms with van der Waals surface area (Å²) in [4.78, 5) is 4.36. The first-order valence-electron chi connectivity index (χ1n) is 6.62. The van der Waals surface area contributed by atoms with Gasteiger partial charge in [-0.2, -0.15) is 0 Å². The molecule has 0 spiro atoms. The predicted molar refractivity (Wildman–Crippen MR) is 77.1 cm³/mol. The normalized spacial score (nSPS) is 10.4. The molecule has 0 aliphatic heterocycles. The molecule has 1 N–H and O–H groups in total. The van der Waals surface area contributed by atoms with E-state index in [0.717, 1.165) is 24.5 Å². The van der Waals surface area contributed by atoms with E-state index in [9.17, 15) is 0 Å². The lowest BCUT2D eigenvalue weighted by atomic mass is 10.1. The summed E-state index contributed by atoms with van der Waals surface area (Å²) in [7, 11) is 0. The number of benzene rings is 1. The van der Waals surface area contributed by atoms with Crippen molar-refractivity contribution in [2.75, 3.05) is 6.54 Å². The molecule has 0 atom stereocenters. The number of aromatic nitrogens is 1. The molecule has 100 valence electrons. The molecule has 2 rings (SSSR count). The highest BCUT2D eigenvalue weighted by atomic mass is 16.5. The molecule has 0 fully saturated rings. The van der Waals surface area contributed by atoms with Crippen LogP contribution in [0.4, 0.5) is 0 Å². The maximum atomic E-state index is 5.72. The monoisotopic (exact) mass is 256 g/mol. The molecule has 0 amide bonds. The summed E-state index contributed by atoms with van der Waals surface area (Å²) in [6.07, 6.45) is 1.78. The fourth-order valence-electron chi connectivity index (χ4n) is 1.82. The van der Waals surface area contributed by atoms with E-state index in [4.69, 9.17) is 4.74 Å². The summed E-state index contributed by atoms with van der Waals surface area (Å²) in [6.45, 7) is 6.50. The highest BCUT2D eigenvalue weighted by Crippen LogP contribution is 2.12. The molecule has 0 aliphatic rings. The van der Waals surface area contributed by atoms with Gasteiger partial charge in [0.15, 0.2) is 0 Å². The maximum Gasteiger partial charge on any atom is 0.138 e. The molecule has 1 aromatic carbocycles. The Hall–Kier alpha value is -1.87. The minimum absolute atomic E-state index is 0.579. The van der Waals surface area contributed by atoms with Crippen molar-refractivity contribution in [3.05, 3.63) is 59.4 Å². The third kappa shape index (κ3) is 4.38. The molecule has 0 radical (unpaired) electrons. The lowest BCUT2D eigenvalue weighted by Crippen LogP contribution is -2.12. The molecule has 3 heteroatoms. The zero-order valence-corrected chi connectivity index (χ0v) is 11.5. The number of hydrogen-bond donors (Lipinski definition) is 1. The van der Waals surface area contributed by atoms with Gasteiger partial charge < -0.3 is 10.1 Å². The molecule has 0 aliphatic carbocycles. The van der Waals surface area contributed by atoms with E-state index in [1.807, 2.05) is 18.2 Å². The topological polar surface area (TPSA) is 34.1 Å². The quantitative estimate of drug-likeness (QED) is 0.862. The first-order valence-corrected chi connectivity index (χ1v) is 6.62. The van der Waals surface area contributed by atoms with E-state index in [-0.39, 0.29) is 0 Å². The minimum Gasteiger partial charge on any atom is -0.487 e. The van der Waals surface area contributed by atoms with Crippen LogP contribution in [0.5, 0.6) is 5.75 Å². The Balaban J connectivity index is 1.89. The van der Waals surface area contributed by atoms with Crippen molar-refractivity contribution in [2.24, 2.45) is 0 Å². The molecule has 0 saturated carbocycles. The number of rotatable bonds is 6. The van der Waals surface area contributed by atoms with Crippen LogP contribution in [0.2, 0.25) is 0 Å². The van der Waals surface area contributed by atoms with Crippen molar-refractivity contribution in [1.82, 2.24) is 10.3 Å². The summed E-state index contributed by atoms with van der Waals surface area (Å²) < 4.78 is 5.72. The van der Waals surface area contributed by atoms with Gasteiger partial charge in [-0.05, 0) is 31.2 Å². The highest BCUT2D eigenvalue weighted by molar-refractivity contribution is 5.24. The van der Waals surface area contributed by atoms with Crippen LogP contribution in [-0.2, 0) is 13.2 Å². The van der Waals surface area contributed by atoms with Crippen molar-refractivity contribution in [3.8, 4) is 5.75 Å². The van der Waals surface area contributed by atoms with Crippen LogP contribution in [-0.4, -0.2) is 11.5 Å². The van der Waals surface area contributed by atoms with Gasteiger partial charge in [0, 0.05) is 6.54 Å². The Morgan fingerprint density at radius 3 is 2.79 bits per heavy atom. The average Bonchev–Trinajstić information content (AvgIpc) is 2.44. The summed E-state index contributed by atoms with van der Waals surface area (Å²) in [6, 6.07) is 12.3. The number of nitrogens with one attached hydrogen (secondary N) is 1. The molecular weight excluding hydrogens is 236 g/mol. The van der Waals surface area contributed by atoms with Crippen LogP contribution >= 0.6 is 0 Å². The maximum absolute atomic E-state index is 5.72. The zero-order chi connectivity index (χ0) is 13.5. The van der Waals surface area contributed by atoms with E-state index >= 15 is 0 Å². The van der Waals surface area contributed by atoms with Gasteiger partial charge in [-0.1, -0.05) is 36.8 Å². The van der Waals surface area contributed by atoms with Gasteiger partial charge in [0.25, 0.3) is 0 Å². The van der Waals surface area contributed by atoms with Crippen molar-refractivity contribution < 1.29 is 4.74 Å². The molecule has 1 aromatic heterocycles. The second-order valence-corrected chi connectivity index (χ2v) is 4.54. The lowest BCUT2D eigenvalue weighted by molar-refractivity contribution is 0.304. The van der Waals surface area contributed by atoms with Crippen molar-refractivity contribution >= 4 is 0 Å². The molecule has 3 nitrogen and oxygen atoms in total. The minimum atomic E-state index is 0.579. The van der Waals surface area contributed by atoms with Gasteiger partial charge in [0.05, 0.1) is 11.9 Å². The van der Waals surface area contributed by atoms with E-state index in [2.05, 4.69) is 42.3 Å². The third-order valence-electron chi connectivity index (χ3n) is 2.84. The summed E-state index contributed by atoms with van der Waals surface area (Å²) >= 11 is 0. The molecule has 19 heavy (non-hydrogen) atoms. The standard InChI is InChI=1S/C16H20N2O/c1-3-17-10-15-7-8-16(11-18-15)19-12-14-6-4-5-13(2)9-14/h4-9,11,17H,3,10,12H2,1-2H3. The van der Waals surface area contributed by atoms with Gasteiger partial charge in [0.2, 0.25) is 0 Å². The Labute approximate surface area is 114 Å². The smallest absolute Gasteiger partial charge is 0.138 e. The fraction of sp³-hybridized carbons (Fsp3) is 0.312. The van der Waals surface area contributed by atoms with Gasteiger partial charge >= 0.3 is 0 Å². The van der Waals surface area contributed by atoms with Gasteiger partial charge in [0.1, 0.15) is 12.4 Å². The summed E-state index contributed by atoms with van der Waals surface area (Å²) in [5, 5.41) is 3.24. The van der Waals surface area contributed by atoms with Gasteiger partial charge in [-0.3, -0.25) is 4.98 Å². The number of hydrogen-bond acceptors (Lipinski definition) is 3. The molecule has 0 unspecified atom stereocenters. The number of aryl methyl sites for hydroxylation is 1. The number of ether oxygens (including phenoxy) is 1. The Morgan fingerprint density at radius 1 is 1.21 bits per heavy atom. The summed E-state index contributed by atoms with van der Waals surface area (Å²) in [5.74, 6) is 0.807. The molecule has 2 aromatic rings. The van der Waals surface area contributed by atoms with E-state index in [0.29, 0.717) is 6.61 Å². The summed E-state index contributed by atoms with van der Waals surface area (Å²) in [5.41, 5.74) is 3.46. The van der Waals surface area contributed by atoms with Gasteiger partial charge in [-0.25, -0.2) is 0 Å². The van der Waals surface area contributed by atoms with Crippen molar-refractivity contribution in [3.63, 3.8) is 0 Å². The predicted octanol–water partition coefficient (Wildman–Crippen LogP) is 3.08. The van der Waals surface area contributed by atoms with Crippen LogP contribution in [0.3, 0.4) is 0 Å². The second-order valence-electron chi connectivity index (χ2n) is 4.54. The number of pyridine rings is 1. The lowest BCUT2D eigenvalue weighted by Gasteiger charge is -2.07. The molecule has 1 heterocycles. The Bertz CT molecular complexity index is 508.